The molecule has 0 rings (SSSR count). The van der Waals surface area contributed by atoms with Crippen LogP contribution < -0.4 is 5.32 Å². The van der Waals surface area contributed by atoms with Gasteiger partial charge in [0.25, 0.3) is 0 Å². The van der Waals surface area contributed by atoms with Crippen LogP contribution in [0.2, 0.25) is 0 Å². The number of carboxylic acid groups (broad SMARTS) is 1. The fraction of sp³-hybridized carbons (Fsp3) is 0.889. The maximum Gasteiger partial charge on any atom is 0.321 e. The Labute approximate surface area is 84.3 Å². The Morgan fingerprint density at radius 1 is 1.54 bits per heavy atom. The van der Waals surface area contributed by atoms with Crippen molar-refractivity contribution in [2.45, 2.75) is 38.5 Å². The quantitative estimate of drug-likeness (QED) is 0.715. The smallest absolute Gasteiger partial charge is 0.321 e. The van der Waals surface area contributed by atoms with Gasteiger partial charge in [-0.2, -0.15) is 11.8 Å². The predicted molar refractivity (Wildman–Crippen MR) is 57.3 cm³/mol. The minimum absolute atomic E-state index is 0.128. The molecule has 1 unspecified atom stereocenters. The molecule has 0 aliphatic rings. The molecule has 0 aliphatic carbocycles. The van der Waals surface area contributed by atoms with E-state index >= 15 is 0 Å². The lowest BCUT2D eigenvalue weighted by Crippen LogP contribution is -2.39. The minimum Gasteiger partial charge on any atom is -0.480 e. The lowest BCUT2D eigenvalue weighted by molar-refractivity contribution is -0.138. The molecule has 0 amide bonds. The van der Waals surface area contributed by atoms with Crippen LogP contribution >= 0.6 is 11.8 Å². The van der Waals surface area contributed by atoms with Gasteiger partial charge in [-0.15, -0.1) is 0 Å². The standard InChI is InChI=1S/C9H19NO2S/c1-5-10-7(8(11)12)6-13-9(2,3)4/h7,10H,5-6H2,1-4H3,(H,11,12). The van der Waals surface area contributed by atoms with E-state index in [-0.39, 0.29) is 4.75 Å². The van der Waals surface area contributed by atoms with Crippen molar-refractivity contribution < 1.29 is 9.90 Å². The summed E-state index contributed by atoms with van der Waals surface area (Å²) in [6, 6.07) is -0.422. The van der Waals surface area contributed by atoms with E-state index in [0.29, 0.717) is 12.3 Å². The van der Waals surface area contributed by atoms with Gasteiger partial charge in [0, 0.05) is 10.5 Å². The van der Waals surface area contributed by atoms with Crippen molar-refractivity contribution in [1.29, 1.82) is 0 Å². The van der Waals surface area contributed by atoms with E-state index in [2.05, 4.69) is 26.1 Å². The van der Waals surface area contributed by atoms with Crippen molar-refractivity contribution >= 4 is 17.7 Å². The van der Waals surface area contributed by atoms with E-state index in [0.717, 1.165) is 0 Å². The SMILES string of the molecule is CCNC(CSC(C)(C)C)C(=O)O. The van der Waals surface area contributed by atoms with Crippen molar-refractivity contribution in [2.24, 2.45) is 0 Å². The molecule has 0 aromatic carbocycles. The van der Waals surface area contributed by atoms with Gasteiger partial charge in [-0.25, -0.2) is 0 Å². The van der Waals surface area contributed by atoms with Gasteiger partial charge in [0.05, 0.1) is 0 Å². The molecule has 0 spiro atoms. The van der Waals surface area contributed by atoms with Gasteiger partial charge in [-0.3, -0.25) is 4.79 Å². The molecule has 0 aromatic heterocycles. The lowest BCUT2D eigenvalue weighted by atomic mass is 10.3. The molecule has 0 bridgehead atoms. The summed E-state index contributed by atoms with van der Waals surface area (Å²) >= 11 is 1.67. The third-order valence-electron chi connectivity index (χ3n) is 1.43. The first-order valence-corrected chi connectivity index (χ1v) is 5.45. The molecule has 0 aromatic rings. The number of carboxylic acids is 1. The van der Waals surface area contributed by atoms with Crippen LogP contribution in [0.3, 0.4) is 0 Å². The number of thioether (sulfide) groups is 1. The highest BCUT2D eigenvalue weighted by atomic mass is 32.2. The Hall–Kier alpha value is -0.220. The molecule has 0 aliphatic heterocycles. The Kier molecular flexibility index (Phi) is 5.40. The van der Waals surface area contributed by atoms with E-state index < -0.39 is 12.0 Å². The van der Waals surface area contributed by atoms with Gasteiger partial charge >= 0.3 is 5.97 Å². The van der Waals surface area contributed by atoms with Crippen molar-refractivity contribution in [1.82, 2.24) is 5.32 Å². The summed E-state index contributed by atoms with van der Waals surface area (Å²) in [7, 11) is 0. The monoisotopic (exact) mass is 205 g/mol. The molecular weight excluding hydrogens is 186 g/mol. The van der Waals surface area contributed by atoms with Gasteiger partial charge < -0.3 is 10.4 Å². The Morgan fingerprint density at radius 3 is 2.38 bits per heavy atom. The Morgan fingerprint density at radius 2 is 2.08 bits per heavy atom. The first-order valence-electron chi connectivity index (χ1n) is 4.47. The highest BCUT2D eigenvalue weighted by Gasteiger charge is 2.19. The van der Waals surface area contributed by atoms with E-state index in [1.165, 1.54) is 0 Å². The van der Waals surface area contributed by atoms with Crippen LogP contribution in [0.5, 0.6) is 0 Å². The molecule has 0 saturated heterocycles. The van der Waals surface area contributed by atoms with Gasteiger partial charge in [0.15, 0.2) is 0 Å². The van der Waals surface area contributed by atoms with Crippen LogP contribution in [0.1, 0.15) is 27.7 Å². The third-order valence-corrected chi connectivity index (χ3v) is 2.80. The Bertz CT molecular complexity index is 165. The topological polar surface area (TPSA) is 49.3 Å². The number of hydrogen-bond donors (Lipinski definition) is 2. The largest absolute Gasteiger partial charge is 0.480 e. The second kappa shape index (κ2) is 5.50. The van der Waals surface area contributed by atoms with E-state index in [1.54, 1.807) is 11.8 Å². The van der Waals surface area contributed by atoms with Crippen LogP contribution in [0.4, 0.5) is 0 Å². The third kappa shape index (κ3) is 6.90. The molecule has 0 saturated carbocycles. The van der Waals surface area contributed by atoms with E-state index in [9.17, 15) is 4.79 Å². The highest BCUT2D eigenvalue weighted by Crippen LogP contribution is 2.23. The van der Waals surface area contributed by atoms with Crippen molar-refractivity contribution in [2.75, 3.05) is 12.3 Å². The molecule has 13 heavy (non-hydrogen) atoms. The normalized spacial score (nSPS) is 14.2. The molecule has 0 fully saturated rings. The summed E-state index contributed by atoms with van der Waals surface area (Å²) in [5.74, 6) is -0.147. The van der Waals surface area contributed by atoms with Crippen LogP contribution in [0.15, 0.2) is 0 Å². The summed E-state index contributed by atoms with van der Waals surface area (Å²) in [6.07, 6.45) is 0. The van der Waals surface area contributed by atoms with Gasteiger partial charge in [-0.05, 0) is 6.54 Å². The second-order valence-corrected chi connectivity index (χ2v) is 5.72. The maximum absolute atomic E-state index is 10.7. The number of likely N-dealkylation sites (N-methyl/N-ethyl adjacent to an activating group) is 1. The summed E-state index contributed by atoms with van der Waals surface area (Å²) < 4.78 is 0.128. The summed E-state index contributed by atoms with van der Waals surface area (Å²) in [6.45, 7) is 8.87. The zero-order valence-electron chi connectivity index (χ0n) is 8.76. The number of hydrogen-bond acceptors (Lipinski definition) is 3. The van der Waals surface area contributed by atoms with Crippen molar-refractivity contribution in [3.05, 3.63) is 0 Å². The van der Waals surface area contributed by atoms with Gasteiger partial charge in [0.1, 0.15) is 6.04 Å². The fourth-order valence-electron chi connectivity index (χ4n) is 0.797. The van der Waals surface area contributed by atoms with Crippen LogP contribution in [-0.4, -0.2) is 34.2 Å². The zero-order valence-corrected chi connectivity index (χ0v) is 9.57. The summed E-state index contributed by atoms with van der Waals surface area (Å²) in [5, 5.41) is 11.8. The lowest BCUT2D eigenvalue weighted by Gasteiger charge is -2.20. The van der Waals surface area contributed by atoms with Crippen molar-refractivity contribution in [3.63, 3.8) is 0 Å². The summed E-state index contributed by atoms with van der Waals surface area (Å²) in [5.41, 5.74) is 0. The van der Waals surface area contributed by atoms with E-state index in [1.807, 2.05) is 6.92 Å². The summed E-state index contributed by atoms with van der Waals surface area (Å²) in [4.78, 5) is 10.7. The number of carbonyl (C=O) groups is 1. The molecule has 3 nitrogen and oxygen atoms in total. The fourth-order valence-corrected chi connectivity index (χ4v) is 1.72. The Balaban J connectivity index is 3.90. The number of nitrogens with one attached hydrogen (secondary N) is 1. The average molecular weight is 205 g/mol. The number of rotatable bonds is 5. The van der Waals surface area contributed by atoms with Crippen LogP contribution in [0, 0.1) is 0 Å². The molecule has 0 heterocycles. The first kappa shape index (κ1) is 12.8. The molecular formula is C9H19NO2S. The first-order chi connectivity index (χ1) is 5.87. The predicted octanol–water partition coefficient (Wildman–Crippen LogP) is 1.58. The number of aliphatic carboxylic acids is 1. The molecule has 4 heteroatoms. The average Bonchev–Trinajstić information content (AvgIpc) is 1.95. The maximum atomic E-state index is 10.7. The van der Waals surface area contributed by atoms with Gasteiger partial charge in [-0.1, -0.05) is 27.7 Å². The zero-order chi connectivity index (χ0) is 10.5. The molecule has 1 atom stereocenters. The molecule has 0 radical (unpaired) electrons. The molecule has 78 valence electrons. The molecule has 2 N–H and O–H groups in total. The van der Waals surface area contributed by atoms with Crippen molar-refractivity contribution in [3.8, 4) is 0 Å². The second-order valence-electron chi connectivity index (χ2n) is 3.87. The minimum atomic E-state index is -0.765. The van der Waals surface area contributed by atoms with Crippen LogP contribution in [-0.2, 0) is 4.79 Å². The van der Waals surface area contributed by atoms with E-state index in [4.69, 9.17) is 5.11 Å². The van der Waals surface area contributed by atoms with Gasteiger partial charge in [0.2, 0.25) is 0 Å². The van der Waals surface area contributed by atoms with Crippen LogP contribution in [0.25, 0.3) is 0 Å². The highest BCUT2D eigenvalue weighted by molar-refractivity contribution is 8.00.